The maximum Gasteiger partial charge on any atom is 0.278 e. The number of imide groups is 1. The second-order valence-electron chi connectivity index (χ2n) is 7.21. The van der Waals surface area contributed by atoms with Crippen LogP contribution in [0.5, 0.6) is 5.75 Å². The van der Waals surface area contributed by atoms with Gasteiger partial charge in [0.1, 0.15) is 11.6 Å². The number of carbonyl (C=O) groups excluding carboxylic acids is 2. The van der Waals surface area contributed by atoms with Gasteiger partial charge < -0.3 is 4.74 Å². The fraction of sp³-hybridized carbons (Fsp3) is 0.333. The van der Waals surface area contributed by atoms with Crippen LogP contribution in [0.15, 0.2) is 42.5 Å². The van der Waals surface area contributed by atoms with Gasteiger partial charge in [0.15, 0.2) is 0 Å². The molecule has 6 heteroatoms. The second kappa shape index (κ2) is 8.31. The fourth-order valence-electron chi connectivity index (χ4n) is 2.49. The van der Waals surface area contributed by atoms with Crippen LogP contribution in [0.4, 0.5) is 4.39 Å². The molecule has 0 radical (unpaired) electrons. The summed E-state index contributed by atoms with van der Waals surface area (Å²) in [7, 11) is 1.49. The van der Waals surface area contributed by atoms with Gasteiger partial charge in [-0.15, -0.1) is 0 Å². The molecular weight excluding hydrogens is 347 g/mol. The van der Waals surface area contributed by atoms with Gasteiger partial charge in [0.2, 0.25) is 0 Å². The quantitative estimate of drug-likeness (QED) is 0.637. The summed E-state index contributed by atoms with van der Waals surface area (Å²) in [5, 5.41) is 0.860. The van der Waals surface area contributed by atoms with Crippen molar-refractivity contribution >= 4 is 11.8 Å². The summed E-state index contributed by atoms with van der Waals surface area (Å²) in [6.07, 6.45) is 0.651. The molecule has 2 rings (SSSR count). The summed E-state index contributed by atoms with van der Waals surface area (Å²) in [4.78, 5) is 26.0. The maximum absolute atomic E-state index is 14.5. The van der Waals surface area contributed by atoms with Gasteiger partial charge >= 0.3 is 0 Å². The third-order valence-corrected chi connectivity index (χ3v) is 3.84. The summed E-state index contributed by atoms with van der Waals surface area (Å²) in [5.74, 6) is -1.51. The summed E-state index contributed by atoms with van der Waals surface area (Å²) in [6.45, 7) is 7.32. The first-order chi connectivity index (χ1) is 12.7. The topological polar surface area (TPSA) is 58.6 Å². The number of rotatable bonds is 5. The van der Waals surface area contributed by atoms with E-state index in [1.165, 1.54) is 25.3 Å². The van der Waals surface area contributed by atoms with Crippen molar-refractivity contribution < 1.29 is 18.7 Å². The number of benzene rings is 2. The van der Waals surface area contributed by atoms with E-state index in [9.17, 15) is 14.0 Å². The molecule has 0 bridgehead atoms. The molecule has 0 fully saturated rings. The van der Waals surface area contributed by atoms with Crippen LogP contribution < -0.4 is 10.2 Å². The zero-order valence-corrected chi connectivity index (χ0v) is 16.3. The van der Waals surface area contributed by atoms with E-state index in [2.05, 4.69) is 5.43 Å². The minimum atomic E-state index is -0.752. The van der Waals surface area contributed by atoms with Gasteiger partial charge in [0, 0.05) is 11.1 Å². The molecule has 2 aromatic rings. The van der Waals surface area contributed by atoms with E-state index in [-0.39, 0.29) is 11.1 Å². The molecule has 0 spiro atoms. The highest BCUT2D eigenvalue weighted by Gasteiger charge is 2.30. The molecule has 0 heterocycles. The van der Waals surface area contributed by atoms with Crippen LogP contribution in [0, 0.1) is 5.82 Å². The van der Waals surface area contributed by atoms with Crippen LogP contribution in [-0.2, 0) is 6.42 Å². The largest absolute Gasteiger partial charge is 0.497 e. The second-order valence-corrected chi connectivity index (χ2v) is 7.21. The van der Waals surface area contributed by atoms with E-state index >= 15 is 0 Å². The minimum absolute atomic E-state index is 0.166. The number of nitrogens with one attached hydrogen (secondary N) is 1. The smallest absolute Gasteiger partial charge is 0.278 e. The SMILES string of the molecule is CCc1ccc(C(=O)N(NC(C)(C)C)C(=O)c2cccc(OC)c2)c(F)c1. The molecule has 0 aromatic heterocycles. The molecule has 0 aliphatic carbocycles. The van der Waals surface area contributed by atoms with E-state index < -0.39 is 23.2 Å². The highest BCUT2D eigenvalue weighted by molar-refractivity contribution is 6.10. The zero-order valence-electron chi connectivity index (χ0n) is 16.3. The highest BCUT2D eigenvalue weighted by atomic mass is 19.1. The lowest BCUT2D eigenvalue weighted by Crippen LogP contribution is -2.55. The Morgan fingerprint density at radius 1 is 1.11 bits per heavy atom. The number of aryl methyl sites for hydroxylation is 1. The van der Waals surface area contributed by atoms with E-state index in [1.54, 1.807) is 24.3 Å². The molecule has 0 saturated heterocycles. The van der Waals surface area contributed by atoms with Crippen LogP contribution in [-0.4, -0.2) is 29.5 Å². The van der Waals surface area contributed by atoms with E-state index in [0.29, 0.717) is 12.2 Å². The predicted octanol–water partition coefficient (Wildman–Crippen LogP) is 3.98. The van der Waals surface area contributed by atoms with Crippen molar-refractivity contribution in [1.29, 1.82) is 0 Å². The van der Waals surface area contributed by atoms with Gasteiger partial charge in [-0.2, -0.15) is 0 Å². The minimum Gasteiger partial charge on any atom is -0.497 e. The number of ether oxygens (including phenoxy) is 1. The zero-order chi connectivity index (χ0) is 20.2. The van der Waals surface area contributed by atoms with Crippen molar-refractivity contribution in [2.45, 2.75) is 39.7 Å². The first kappa shape index (κ1) is 20.6. The van der Waals surface area contributed by atoms with Crippen molar-refractivity contribution in [3.05, 3.63) is 65.0 Å². The first-order valence-corrected chi connectivity index (χ1v) is 8.75. The third-order valence-electron chi connectivity index (χ3n) is 3.84. The summed E-state index contributed by atoms with van der Waals surface area (Å²) < 4.78 is 19.6. The third kappa shape index (κ3) is 5.14. The molecule has 27 heavy (non-hydrogen) atoms. The van der Waals surface area contributed by atoms with E-state index in [4.69, 9.17) is 4.74 Å². The van der Waals surface area contributed by atoms with E-state index in [0.717, 1.165) is 10.6 Å². The Hall–Kier alpha value is -2.73. The Morgan fingerprint density at radius 3 is 2.37 bits per heavy atom. The number of hydrogen-bond donors (Lipinski definition) is 1. The number of hydrogen-bond acceptors (Lipinski definition) is 4. The lowest BCUT2D eigenvalue weighted by Gasteiger charge is -2.30. The highest BCUT2D eigenvalue weighted by Crippen LogP contribution is 2.18. The number of amides is 2. The number of hydrazine groups is 1. The monoisotopic (exact) mass is 372 g/mol. The van der Waals surface area contributed by atoms with E-state index in [1.807, 2.05) is 27.7 Å². The Labute approximate surface area is 159 Å². The molecule has 1 N–H and O–H groups in total. The number of carbonyl (C=O) groups is 2. The molecule has 0 aliphatic rings. The molecule has 0 unspecified atom stereocenters. The van der Waals surface area contributed by atoms with Crippen molar-refractivity contribution in [2.75, 3.05) is 7.11 Å². The van der Waals surface area contributed by atoms with Crippen molar-refractivity contribution in [1.82, 2.24) is 10.4 Å². The predicted molar refractivity (Wildman–Crippen MR) is 102 cm³/mol. The number of nitrogens with zero attached hydrogens (tertiary/aromatic N) is 1. The molecule has 0 saturated carbocycles. The first-order valence-electron chi connectivity index (χ1n) is 8.75. The molecule has 144 valence electrons. The summed E-state index contributed by atoms with van der Waals surface area (Å²) >= 11 is 0. The van der Waals surface area contributed by atoms with Gasteiger partial charge in [-0.25, -0.2) is 14.8 Å². The Balaban J connectivity index is 2.44. The Kier molecular flexibility index (Phi) is 6.33. The molecule has 5 nitrogen and oxygen atoms in total. The van der Waals surface area contributed by atoms with Gasteiger partial charge in [-0.1, -0.05) is 19.1 Å². The van der Waals surface area contributed by atoms with Crippen LogP contribution in [0.2, 0.25) is 0 Å². The lowest BCUT2D eigenvalue weighted by molar-refractivity contribution is 0.0449. The fourth-order valence-corrected chi connectivity index (χ4v) is 2.49. The molecule has 2 amide bonds. The van der Waals surface area contributed by atoms with Gasteiger partial charge in [-0.05, 0) is 63.1 Å². The standard InChI is InChI=1S/C21H25FN2O3/c1-6-14-10-11-17(18(22)12-14)20(26)24(23-21(2,3)4)19(25)15-8-7-9-16(13-15)27-5/h7-13,23H,6H2,1-5H3. The van der Waals surface area contributed by atoms with Crippen molar-refractivity contribution in [2.24, 2.45) is 0 Å². The average molecular weight is 372 g/mol. The molecular formula is C21H25FN2O3. The Morgan fingerprint density at radius 2 is 1.81 bits per heavy atom. The summed E-state index contributed by atoms with van der Waals surface area (Å²) in [5.41, 5.74) is 3.14. The van der Waals surface area contributed by atoms with Crippen LogP contribution in [0.25, 0.3) is 0 Å². The van der Waals surface area contributed by atoms with Crippen molar-refractivity contribution in [3.63, 3.8) is 0 Å². The number of methoxy groups -OCH3 is 1. The normalized spacial score (nSPS) is 11.2. The van der Waals surface area contributed by atoms with Gasteiger partial charge in [-0.3, -0.25) is 9.59 Å². The van der Waals surface area contributed by atoms with Crippen LogP contribution in [0.3, 0.4) is 0 Å². The summed E-state index contributed by atoms with van der Waals surface area (Å²) in [6, 6.07) is 10.9. The number of halogens is 1. The Bertz CT molecular complexity index is 844. The molecule has 0 aliphatic heterocycles. The van der Waals surface area contributed by atoms with Crippen molar-refractivity contribution in [3.8, 4) is 5.75 Å². The van der Waals surface area contributed by atoms with Crippen LogP contribution in [0.1, 0.15) is 54.0 Å². The van der Waals surface area contributed by atoms with Gasteiger partial charge in [0.25, 0.3) is 11.8 Å². The van der Waals surface area contributed by atoms with Crippen LogP contribution >= 0.6 is 0 Å². The molecule has 2 aromatic carbocycles. The average Bonchev–Trinajstić information content (AvgIpc) is 2.64. The maximum atomic E-state index is 14.5. The van der Waals surface area contributed by atoms with Gasteiger partial charge in [0.05, 0.1) is 12.7 Å². The molecule has 0 atom stereocenters. The lowest BCUT2D eigenvalue weighted by atomic mass is 10.1.